The van der Waals surface area contributed by atoms with E-state index in [-0.39, 0.29) is 0 Å². The Hall–Kier alpha value is 0.0569. The lowest BCUT2D eigenvalue weighted by Crippen LogP contribution is -2.27. The zero-order chi connectivity index (χ0) is 14.9. The van der Waals surface area contributed by atoms with Gasteiger partial charge in [0.1, 0.15) is 0 Å². The summed E-state index contributed by atoms with van der Waals surface area (Å²) in [6, 6.07) is 0. The van der Waals surface area contributed by atoms with Gasteiger partial charge in [0, 0.05) is 19.8 Å². The van der Waals surface area contributed by atoms with Gasteiger partial charge >= 0.3 is 9.53 Å². The molecule has 118 valence electrons. The molecule has 0 rings (SSSR count). The van der Waals surface area contributed by atoms with Crippen LogP contribution in [0, 0.1) is 0 Å². The molecule has 0 radical (unpaired) electrons. The zero-order valence-corrected chi connectivity index (χ0v) is 15.1. The first-order valence-electron chi connectivity index (χ1n) is 7.76. The van der Waals surface area contributed by atoms with E-state index in [0.717, 1.165) is 0 Å². The smallest absolute Gasteiger partial charge is 0.376 e. The fraction of sp³-hybridized carbons (Fsp3) is 1.00. The van der Waals surface area contributed by atoms with Gasteiger partial charge in [-0.05, 0) is 53.2 Å². The number of hydrogen-bond donors (Lipinski definition) is 0. The number of rotatable bonds is 11. The topological polar surface area (TPSA) is 30.9 Å². The van der Waals surface area contributed by atoms with Crippen LogP contribution in [-0.4, -0.2) is 53.9 Å². The summed E-state index contributed by atoms with van der Waals surface area (Å²) in [6.07, 6.45) is 2.57. The molecule has 0 unspecified atom stereocenters. The van der Waals surface area contributed by atoms with E-state index in [2.05, 4.69) is 25.7 Å². The molecule has 0 atom stereocenters. The Morgan fingerprint density at radius 2 is 1.05 bits per heavy atom. The largest absolute Gasteiger partial charge is 0.484 e. The molecule has 0 fully saturated rings. The summed E-state index contributed by atoms with van der Waals surface area (Å²) in [6.45, 7) is 18.3. The second kappa shape index (κ2) is 18.1. The summed E-state index contributed by atoms with van der Waals surface area (Å²) in [7, 11) is -1.73. The molecule has 0 aromatic rings. The summed E-state index contributed by atoms with van der Waals surface area (Å²) >= 11 is 0. The van der Waals surface area contributed by atoms with E-state index >= 15 is 0 Å². The van der Waals surface area contributed by atoms with Gasteiger partial charge in [-0.25, -0.2) is 0 Å². The third-order valence-electron chi connectivity index (χ3n) is 2.44. The predicted molar refractivity (Wildman–Crippen MR) is 84.7 cm³/mol. The Morgan fingerprint density at radius 3 is 1.26 bits per heavy atom. The highest BCUT2D eigenvalue weighted by Crippen LogP contribution is 1.92. The maximum atomic E-state index is 5.22. The second-order valence-electron chi connectivity index (χ2n) is 4.09. The lowest BCUT2D eigenvalue weighted by molar-refractivity contribution is 0.107. The van der Waals surface area contributed by atoms with Crippen molar-refractivity contribution in [1.29, 1.82) is 0 Å². The second-order valence-corrected chi connectivity index (χ2v) is 5.67. The molecule has 4 nitrogen and oxygen atoms in total. The monoisotopic (exact) mass is 293 g/mol. The molecule has 5 heteroatoms. The van der Waals surface area contributed by atoms with Crippen molar-refractivity contribution in [2.75, 3.05) is 39.5 Å². The van der Waals surface area contributed by atoms with Gasteiger partial charge in [-0.15, -0.1) is 0 Å². The van der Waals surface area contributed by atoms with Crippen LogP contribution in [0.1, 0.15) is 54.4 Å². The van der Waals surface area contributed by atoms with E-state index in [4.69, 9.17) is 13.3 Å². The SMILES string of the molecule is CCCN(CC)CCC.CCO[SiH](OCC)OCC. The molecule has 0 amide bonds. The fourth-order valence-corrected chi connectivity index (χ4v) is 2.72. The van der Waals surface area contributed by atoms with Gasteiger partial charge in [-0.1, -0.05) is 20.8 Å². The van der Waals surface area contributed by atoms with E-state index in [0.29, 0.717) is 19.8 Å². The fourth-order valence-electron chi connectivity index (χ4n) is 1.61. The Morgan fingerprint density at radius 1 is 0.684 bits per heavy atom. The Kier molecular flexibility index (Phi) is 20.3. The molecule has 0 spiro atoms. The summed E-state index contributed by atoms with van der Waals surface area (Å²) < 4.78 is 15.7. The van der Waals surface area contributed by atoms with Gasteiger partial charge in [0.2, 0.25) is 0 Å². The lowest BCUT2D eigenvalue weighted by Gasteiger charge is -2.17. The molecule has 0 bridgehead atoms. The highest BCUT2D eigenvalue weighted by Gasteiger charge is 2.11. The van der Waals surface area contributed by atoms with Gasteiger partial charge in [-0.3, -0.25) is 0 Å². The lowest BCUT2D eigenvalue weighted by atomic mass is 10.3. The third-order valence-corrected chi connectivity index (χ3v) is 4.25. The van der Waals surface area contributed by atoms with E-state index < -0.39 is 9.53 Å². The van der Waals surface area contributed by atoms with Gasteiger partial charge in [0.05, 0.1) is 0 Å². The number of hydrogen-bond acceptors (Lipinski definition) is 4. The molecule has 0 saturated heterocycles. The van der Waals surface area contributed by atoms with Crippen molar-refractivity contribution in [2.45, 2.75) is 54.4 Å². The summed E-state index contributed by atoms with van der Waals surface area (Å²) in [5, 5.41) is 0. The molecule has 0 saturated carbocycles. The maximum Gasteiger partial charge on any atom is 0.484 e. The van der Waals surface area contributed by atoms with Crippen LogP contribution in [0.25, 0.3) is 0 Å². The van der Waals surface area contributed by atoms with Gasteiger partial charge in [-0.2, -0.15) is 0 Å². The first-order valence-corrected chi connectivity index (χ1v) is 9.18. The average molecular weight is 294 g/mol. The summed E-state index contributed by atoms with van der Waals surface area (Å²) in [5.41, 5.74) is 0. The molecule has 0 aliphatic carbocycles. The van der Waals surface area contributed by atoms with Crippen LogP contribution in [0.5, 0.6) is 0 Å². The first-order chi connectivity index (χ1) is 9.19. The van der Waals surface area contributed by atoms with Crippen molar-refractivity contribution in [3.05, 3.63) is 0 Å². The van der Waals surface area contributed by atoms with Crippen molar-refractivity contribution in [3.63, 3.8) is 0 Å². The third kappa shape index (κ3) is 16.0. The van der Waals surface area contributed by atoms with Crippen LogP contribution in [0.15, 0.2) is 0 Å². The standard InChI is InChI=1S/C8H19N.C6H16O3Si/c1-4-7-9(6-3)8-5-2;1-4-7-10(8-5-2)9-6-3/h4-8H2,1-3H3;10H,4-6H2,1-3H3. The van der Waals surface area contributed by atoms with Crippen LogP contribution >= 0.6 is 0 Å². The minimum Gasteiger partial charge on any atom is -0.376 e. The number of nitrogens with zero attached hydrogens (tertiary/aromatic N) is 1. The van der Waals surface area contributed by atoms with Gasteiger partial charge in [0.25, 0.3) is 0 Å². The summed E-state index contributed by atoms with van der Waals surface area (Å²) in [4.78, 5) is 2.49. The van der Waals surface area contributed by atoms with Crippen LogP contribution < -0.4 is 0 Å². The van der Waals surface area contributed by atoms with Crippen molar-refractivity contribution < 1.29 is 13.3 Å². The Labute approximate surface area is 122 Å². The minimum atomic E-state index is -1.73. The van der Waals surface area contributed by atoms with E-state index in [1.54, 1.807) is 0 Å². The van der Waals surface area contributed by atoms with Crippen LogP contribution in [0.2, 0.25) is 0 Å². The highest BCUT2D eigenvalue weighted by molar-refractivity contribution is 6.36. The maximum absolute atomic E-state index is 5.22. The molecular weight excluding hydrogens is 258 g/mol. The zero-order valence-electron chi connectivity index (χ0n) is 13.9. The van der Waals surface area contributed by atoms with E-state index in [1.165, 1.54) is 32.5 Å². The van der Waals surface area contributed by atoms with Crippen molar-refractivity contribution in [2.24, 2.45) is 0 Å². The van der Waals surface area contributed by atoms with E-state index in [9.17, 15) is 0 Å². The average Bonchev–Trinajstić information content (AvgIpc) is 2.40. The van der Waals surface area contributed by atoms with Crippen LogP contribution in [0.3, 0.4) is 0 Å². The van der Waals surface area contributed by atoms with Gasteiger partial charge < -0.3 is 18.2 Å². The molecule has 0 aliphatic heterocycles. The molecule has 0 N–H and O–H groups in total. The normalized spacial score (nSPS) is 10.7. The highest BCUT2D eigenvalue weighted by atomic mass is 28.3. The van der Waals surface area contributed by atoms with Gasteiger partial charge in [0.15, 0.2) is 0 Å². The quantitative estimate of drug-likeness (QED) is 0.548. The first kappa shape index (κ1) is 21.4. The predicted octanol–water partition coefficient (Wildman–Crippen LogP) is 2.94. The van der Waals surface area contributed by atoms with Crippen LogP contribution in [0.4, 0.5) is 0 Å². The molecule has 0 aromatic carbocycles. The minimum absolute atomic E-state index is 0.677. The molecule has 0 aliphatic rings. The van der Waals surface area contributed by atoms with Crippen molar-refractivity contribution >= 4 is 9.53 Å². The molecule has 0 heterocycles. The molecule has 19 heavy (non-hydrogen) atoms. The summed E-state index contributed by atoms with van der Waals surface area (Å²) in [5.74, 6) is 0. The molecular formula is C14H35NO3Si. The molecule has 0 aromatic heterocycles. The van der Waals surface area contributed by atoms with Crippen molar-refractivity contribution in [1.82, 2.24) is 4.90 Å². The van der Waals surface area contributed by atoms with Crippen molar-refractivity contribution in [3.8, 4) is 0 Å². The van der Waals surface area contributed by atoms with Crippen LogP contribution in [-0.2, 0) is 13.3 Å². The Balaban J connectivity index is 0. The van der Waals surface area contributed by atoms with E-state index in [1.807, 2.05) is 20.8 Å². The Bertz CT molecular complexity index is 141.